The van der Waals surface area contributed by atoms with Crippen molar-refractivity contribution in [3.8, 4) is 0 Å². The first-order valence-electron chi connectivity index (χ1n) is 7.50. The van der Waals surface area contributed by atoms with Gasteiger partial charge in [-0.15, -0.1) is 24.8 Å². The van der Waals surface area contributed by atoms with Gasteiger partial charge >= 0.3 is 0 Å². The van der Waals surface area contributed by atoms with E-state index in [9.17, 15) is 4.79 Å². The molecule has 0 aliphatic carbocycles. The van der Waals surface area contributed by atoms with Crippen LogP contribution < -0.4 is 10.6 Å². The predicted molar refractivity (Wildman–Crippen MR) is 95.8 cm³/mol. The fourth-order valence-electron chi connectivity index (χ4n) is 2.69. The first-order chi connectivity index (χ1) is 10.1. The number of rotatable bonds is 3. The molecule has 6 nitrogen and oxygen atoms in total. The summed E-state index contributed by atoms with van der Waals surface area (Å²) in [4.78, 5) is 16.7. The lowest BCUT2D eigenvalue weighted by Crippen LogP contribution is -2.45. The van der Waals surface area contributed by atoms with Crippen LogP contribution in [0.25, 0.3) is 11.0 Å². The van der Waals surface area contributed by atoms with Crippen molar-refractivity contribution in [3.05, 3.63) is 24.0 Å². The Morgan fingerprint density at radius 3 is 2.83 bits per heavy atom. The predicted octanol–water partition coefficient (Wildman–Crippen LogP) is 2.34. The molecule has 2 N–H and O–H groups in total. The van der Waals surface area contributed by atoms with E-state index in [-0.39, 0.29) is 42.8 Å². The van der Waals surface area contributed by atoms with Crippen LogP contribution in [0.2, 0.25) is 0 Å². The monoisotopic (exact) mass is 359 g/mol. The van der Waals surface area contributed by atoms with Crippen LogP contribution in [-0.2, 0) is 0 Å². The summed E-state index contributed by atoms with van der Waals surface area (Å²) < 4.78 is 1.86. The van der Waals surface area contributed by atoms with Crippen LogP contribution in [0.1, 0.15) is 43.1 Å². The molecule has 1 amide bonds. The number of nitrogens with one attached hydrogen (secondary N) is 2. The maximum Gasteiger partial charge on any atom is 0.253 e. The molecule has 1 aliphatic rings. The summed E-state index contributed by atoms with van der Waals surface area (Å²) in [6.45, 7) is 6.00. The number of aromatic nitrogens is 3. The maximum atomic E-state index is 12.3. The Labute approximate surface area is 148 Å². The molecule has 2 aromatic rings. The second-order valence-electron chi connectivity index (χ2n) is 5.84. The SMILES string of the molecule is CC(C)n1ncc2cc(C(=O)N[C@H]3CCCNC3)cnc21.Cl.Cl. The van der Waals surface area contributed by atoms with Crippen molar-refractivity contribution in [1.29, 1.82) is 0 Å². The van der Waals surface area contributed by atoms with Gasteiger partial charge in [-0.2, -0.15) is 5.10 Å². The zero-order chi connectivity index (χ0) is 14.8. The largest absolute Gasteiger partial charge is 0.348 e. The van der Waals surface area contributed by atoms with Gasteiger partial charge in [-0.05, 0) is 39.3 Å². The summed E-state index contributed by atoms with van der Waals surface area (Å²) in [7, 11) is 0. The van der Waals surface area contributed by atoms with E-state index in [4.69, 9.17) is 0 Å². The number of hydrogen-bond acceptors (Lipinski definition) is 4. The Bertz CT molecular complexity index is 652. The summed E-state index contributed by atoms with van der Waals surface area (Å²) in [5.41, 5.74) is 1.41. The second kappa shape index (κ2) is 8.47. The van der Waals surface area contributed by atoms with Crippen LogP contribution in [0.5, 0.6) is 0 Å². The van der Waals surface area contributed by atoms with E-state index in [1.807, 2.05) is 10.7 Å². The smallest absolute Gasteiger partial charge is 0.253 e. The number of amides is 1. The number of nitrogens with zero attached hydrogens (tertiary/aromatic N) is 3. The maximum absolute atomic E-state index is 12.3. The molecule has 0 radical (unpaired) electrons. The number of fused-ring (bicyclic) bond motifs is 1. The molecule has 3 heterocycles. The van der Waals surface area contributed by atoms with Crippen molar-refractivity contribution in [2.75, 3.05) is 13.1 Å². The molecule has 0 aromatic carbocycles. The highest BCUT2D eigenvalue weighted by Gasteiger charge is 2.17. The minimum absolute atomic E-state index is 0. The zero-order valence-electron chi connectivity index (χ0n) is 13.3. The Kier molecular flexibility index (Phi) is 7.25. The van der Waals surface area contributed by atoms with Crippen LogP contribution >= 0.6 is 24.8 Å². The van der Waals surface area contributed by atoms with E-state index >= 15 is 0 Å². The average Bonchev–Trinajstić information content (AvgIpc) is 2.91. The van der Waals surface area contributed by atoms with Gasteiger partial charge in [0, 0.05) is 30.2 Å². The lowest BCUT2D eigenvalue weighted by molar-refractivity contribution is 0.0930. The first-order valence-corrected chi connectivity index (χ1v) is 7.50. The molecular weight excluding hydrogens is 337 g/mol. The number of pyridine rings is 1. The Morgan fingerprint density at radius 1 is 1.39 bits per heavy atom. The van der Waals surface area contributed by atoms with Gasteiger partial charge in [0.05, 0.1) is 11.8 Å². The number of piperidine rings is 1. The van der Waals surface area contributed by atoms with Gasteiger partial charge in [0.2, 0.25) is 0 Å². The summed E-state index contributed by atoms with van der Waals surface area (Å²) in [6.07, 6.45) is 5.53. The van der Waals surface area contributed by atoms with Gasteiger partial charge in [-0.3, -0.25) is 4.79 Å². The standard InChI is InChI=1S/C15H21N5O.2ClH/c1-10(2)20-14-11(8-18-20)6-12(7-17-14)15(21)19-13-4-3-5-16-9-13;;/h6-8,10,13,16H,3-5,9H2,1-2H3,(H,19,21);2*1H/t13-;;/m0../s1. The van der Waals surface area contributed by atoms with Crippen molar-refractivity contribution >= 4 is 41.8 Å². The highest BCUT2D eigenvalue weighted by atomic mass is 35.5. The molecule has 0 unspecified atom stereocenters. The number of carbonyl (C=O) groups excluding carboxylic acids is 1. The van der Waals surface area contributed by atoms with Crippen LogP contribution in [0.3, 0.4) is 0 Å². The van der Waals surface area contributed by atoms with Gasteiger partial charge < -0.3 is 10.6 Å². The van der Waals surface area contributed by atoms with Crippen LogP contribution in [-0.4, -0.2) is 39.8 Å². The Hall–Kier alpha value is -1.37. The fraction of sp³-hybridized carbons (Fsp3) is 0.533. The van der Waals surface area contributed by atoms with E-state index in [1.165, 1.54) is 0 Å². The molecule has 1 fully saturated rings. The highest BCUT2D eigenvalue weighted by molar-refractivity contribution is 5.97. The van der Waals surface area contributed by atoms with E-state index in [1.54, 1.807) is 12.4 Å². The third-order valence-electron chi connectivity index (χ3n) is 3.82. The van der Waals surface area contributed by atoms with Gasteiger partial charge in [-0.25, -0.2) is 9.67 Å². The molecule has 23 heavy (non-hydrogen) atoms. The summed E-state index contributed by atoms with van der Waals surface area (Å²) >= 11 is 0. The lowest BCUT2D eigenvalue weighted by Gasteiger charge is -2.23. The molecule has 3 rings (SSSR count). The van der Waals surface area contributed by atoms with E-state index in [0.717, 1.165) is 37.0 Å². The summed E-state index contributed by atoms with van der Waals surface area (Å²) in [5, 5.41) is 11.6. The minimum Gasteiger partial charge on any atom is -0.348 e. The molecular formula is C15H23Cl2N5O. The number of carbonyl (C=O) groups is 1. The molecule has 8 heteroatoms. The van der Waals surface area contributed by atoms with E-state index in [0.29, 0.717) is 5.56 Å². The van der Waals surface area contributed by atoms with E-state index < -0.39 is 0 Å². The van der Waals surface area contributed by atoms with Crippen molar-refractivity contribution in [1.82, 2.24) is 25.4 Å². The van der Waals surface area contributed by atoms with Gasteiger partial charge in [0.1, 0.15) is 0 Å². The number of halogens is 2. The van der Waals surface area contributed by atoms with Crippen LogP contribution in [0, 0.1) is 0 Å². The zero-order valence-corrected chi connectivity index (χ0v) is 14.9. The lowest BCUT2D eigenvalue weighted by atomic mass is 10.1. The van der Waals surface area contributed by atoms with Gasteiger partial charge in [-0.1, -0.05) is 0 Å². The third kappa shape index (κ3) is 4.34. The first kappa shape index (κ1) is 19.7. The fourth-order valence-corrected chi connectivity index (χ4v) is 2.69. The molecule has 2 aromatic heterocycles. The summed E-state index contributed by atoms with van der Waals surface area (Å²) in [5.74, 6) is -0.0598. The minimum atomic E-state index is -0.0598. The Balaban J connectivity index is 0.00000132. The highest BCUT2D eigenvalue weighted by Crippen LogP contribution is 2.16. The quantitative estimate of drug-likeness (QED) is 0.881. The Morgan fingerprint density at radius 2 is 2.17 bits per heavy atom. The second-order valence-corrected chi connectivity index (χ2v) is 5.84. The molecule has 0 spiro atoms. The van der Waals surface area contributed by atoms with Crippen molar-refractivity contribution in [2.45, 2.75) is 38.8 Å². The topological polar surface area (TPSA) is 71.8 Å². The van der Waals surface area contributed by atoms with Gasteiger partial charge in [0.25, 0.3) is 5.91 Å². The number of hydrogen-bond donors (Lipinski definition) is 2. The molecule has 1 atom stereocenters. The molecule has 1 aliphatic heterocycles. The molecule has 1 saturated heterocycles. The molecule has 0 bridgehead atoms. The molecule has 128 valence electrons. The van der Waals surface area contributed by atoms with Gasteiger partial charge in [0.15, 0.2) is 5.65 Å². The van der Waals surface area contributed by atoms with Crippen molar-refractivity contribution in [3.63, 3.8) is 0 Å². The van der Waals surface area contributed by atoms with Crippen LogP contribution in [0.4, 0.5) is 0 Å². The van der Waals surface area contributed by atoms with Crippen molar-refractivity contribution < 1.29 is 4.79 Å². The molecule has 0 saturated carbocycles. The van der Waals surface area contributed by atoms with Crippen molar-refractivity contribution in [2.24, 2.45) is 0 Å². The summed E-state index contributed by atoms with van der Waals surface area (Å²) in [6, 6.07) is 2.32. The average molecular weight is 360 g/mol. The third-order valence-corrected chi connectivity index (χ3v) is 3.82. The normalized spacial score (nSPS) is 17.4. The van der Waals surface area contributed by atoms with Crippen LogP contribution in [0.15, 0.2) is 18.5 Å². The van der Waals surface area contributed by atoms with E-state index in [2.05, 4.69) is 34.6 Å².